The molecule has 0 aliphatic carbocycles. The van der Waals surface area contributed by atoms with Gasteiger partial charge in [0.1, 0.15) is 0 Å². The second-order valence-electron chi connectivity index (χ2n) is 2.65. The van der Waals surface area contributed by atoms with Gasteiger partial charge < -0.3 is 4.32 Å². The van der Waals surface area contributed by atoms with Crippen molar-refractivity contribution in [2.75, 3.05) is 0 Å². The summed E-state index contributed by atoms with van der Waals surface area (Å²) in [6.45, 7) is 3.85. The smallest absolute Gasteiger partial charge is 0.328 e. The van der Waals surface area contributed by atoms with Crippen molar-refractivity contribution in [3.8, 4) is 0 Å². The number of hydrogen-bond acceptors (Lipinski definition) is 0. The van der Waals surface area contributed by atoms with Crippen LogP contribution in [0, 0.1) is 0 Å². The summed E-state index contributed by atoms with van der Waals surface area (Å²) in [5, 5.41) is -0.0833. The molecular formula is C3H10B3F. The highest BCUT2D eigenvalue weighted by Crippen LogP contribution is 2.17. The van der Waals surface area contributed by atoms with Crippen LogP contribution in [0.25, 0.3) is 0 Å². The molecule has 0 amide bonds. The van der Waals surface area contributed by atoms with E-state index in [9.17, 15) is 4.32 Å². The van der Waals surface area contributed by atoms with Crippen LogP contribution < -0.4 is 0 Å². The minimum atomic E-state index is -0.205. The van der Waals surface area contributed by atoms with Crippen LogP contribution in [0.15, 0.2) is 0 Å². The average Bonchev–Trinajstić information content (AvgIpc) is 1.68. The lowest BCUT2D eigenvalue weighted by atomic mass is 9.32. The van der Waals surface area contributed by atoms with Gasteiger partial charge in [0.05, 0.1) is 14.9 Å². The Balaban J connectivity index is 3.36. The first-order valence-electron chi connectivity index (χ1n) is 2.68. The standard InChI is InChI=1S/C3H10B3F/c1-3(2,5-4)6-7/h5-6H,4H2,1-2H3. The lowest BCUT2D eigenvalue weighted by molar-refractivity contribution is 0.785. The molecule has 0 aromatic rings. The van der Waals surface area contributed by atoms with Gasteiger partial charge in [-0.2, -0.15) is 0 Å². The molecule has 0 radical (unpaired) electrons. The molecule has 0 rings (SSSR count). The van der Waals surface area contributed by atoms with E-state index in [1.807, 2.05) is 21.6 Å². The molecule has 0 saturated carbocycles. The third-order valence-corrected chi connectivity index (χ3v) is 1.32. The quantitative estimate of drug-likeness (QED) is 0.406. The highest BCUT2D eigenvalue weighted by molar-refractivity contribution is 6.95. The predicted octanol–water partition coefficient (Wildman–Crippen LogP) is -0.552. The van der Waals surface area contributed by atoms with Gasteiger partial charge >= 0.3 is 7.56 Å². The van der Waals surface area contributed by atoms with Gasteiger partial charge in [0, 0.05) is 0 Å². The highest BCUT2D eigenvalue weighted by Gasteiger charge is 2.16. The molecule has 0 fully saturated rings. The summed E-state index contributed by atoms with van der Waals surface area (Å²) >= 11 is 0. The molecule has 0 atom stereocenters. The average molecular weight is 97.5 g/mol. The Morgan fingerprint density at radius 2 is 2.00 bits per heavy atom. The van der Waals surface area contributed by atoms with Crippen molar-refractivity contribution in [1.82, 2.24) is 0 Å². The molecule has 0 heterocycles. The lowest BCUT2D eigenvalue weighted by Crippen LogP contribution is -2.17. The lowest BCUT2D eigenvalue weighted by Gasteiger charge is -2.13. The first kappa shape index (κ1) is 7.12. The van der Waals surface area contributed by atoms with E-state index in [0.717, 1.165) is 7.17 Å². The molecular weight excluding hydrogens is 87.5 g/mol. The molecule has 0 aliphatic heterocycles. The predicted molar refractivity (Wildman–Crippen MR) is 38.0 cm³/mol. The van der Waals surface area contributed by atoms with Gasteiger partial charge in [0.15, 0.2) is 0 Å². The van der Waals surface area contributed by atoms with Crippen molar-refractivity contribution < 1.29 is 4.32 Å². The van der Waals surface area contributed by atoms with E-state index < -0.39 is 0 Å². The van der Waals surface area contributed by atoms with Crippen molar-refractivity contribution in [3.05, 3.63) is 0 Å². The molecule has 0 aromatic carbocycles. The van der Waals surface area contributed by atoms with Crippen LogP contribution in [0.4, 0.5) is 4.32 Å². The van der Waals surface area contributed by atoms with Gasteiger partial charge in [-0.3, -0.25) is 0 Å². The van der Waals surface area contributed by atoms with E-state index >= 15 is 0 Å². The third kappa shape index (κ3) is 2.78. The van der Waals surface area contributed by atoms with E-state index in [4.69, 9.17) is 0 Å². The summed E-state index contributed by atoms with van der Waals surface area (Å²) in [6.07, 6.45) is 0. The van der Waals surface area contributed by atoms with Crippen molar-refractivity contribution in [2.45, 2.75) is 19.1 Å². The van der Waals surface area contributed by atoms with Crippen LogP contribution in [-0.4, -0.2) is 22.5 Å². The fraction of sp³-hybridized carbons (Fsp3) is 1.00. The summed E-state index contributed by atoms with van der Waals surface area (Å²) in [5.41, 5.74) is 0. The largest absolute Gasteiger partial charge is 0.342 e. The Bertz CT molecular complexity index is 48.1. The van der Waals surface area contributed by atoms with Crippen molar-refractivity contribution in [2.24, 2.45) is 0 Å². The van der Waals surface area contributed by atoms with Gasteiger partial charge in [-0.25, -0.2) is 0 Å². The van der Waals surface area contributed by atoms with E-state index in [-0.39, 0.29) is 12.8 Å². The topological polar surface area (TPSA) is 0 Å². The third-order valence-electron chi connectivity index (χ3n) is 1.32. The van der Waals surface area contributed by atoms with Gasteiger partial charge in [-0.05, 0) is 0 Å². The molecule has 4 heteroatoms. The number of rotatable bonds is 2. The Hall–Kier alpha value is 0.125. The first-order chi connectivity index (χ1) is 3.12. The zero-order valence-corrected chi connectivity index (χ0v) is 5.29. The summed E-state index contributed by atoms with van der Waals surface area (Å²) in [6, 6.07) is 0. The van der Waals surface area contributed by atoms with Crippen molar-refractivity contribution in [3.63, 3.8) is 0 Å². The summed E-state index contributed by atoms with van der Waals surface area (Å²) < 4.78 is 11.8. The van der Waals surface area contributed by atoms with Gasteiger partial charge in [-0.1, -0.05) is 19.1 Å². The van der Waals surface area contributed by atoms with Gasteiger partial charge in [-0.15, -0.1) is 0 Å². The molecule has 0 N–H and O–H groups in total. The molecule has 0 aliphatic rings. The normalized spacial score (nSPS) is 10.7. The second kappa shape index (κ2) is 2.44. The van der Waals surface area contributed by atoms with E-state index in [1.165, 1.54) is 0 Å². The summed E-state index contributed by atoms with van der Waals surface area (Å²) in [5.74, 6) is 0. The molecule has 0 unspecified atom stereocenters. The zero-order chi connectivity index (χ0) is 5.91. The number of hydrogen-bond donors (Lipinski definition) is 0. The van der Waals surface area contributed by atoms with Gasteiger partial charge in [0.2, 0.25) is 0 Å². The van der Waals surface area contributed by atoms with Crippen molar-refractivity contribution in [1.29, 1.82) is 0 Å². The minimum Gasteiger partial charge on any atom is -0.342 e. The molecule has 7 heavy (non-hydrogen) atoms. The molecule has 0 aromatic heterocycles. The van der Waals surface area contributed by atoms with E-state index in [0.29, 0.717) is 0 Å². The Kier molecular flexibility index (Phi) is 2.48. The van der Waals surface area contributed by atoms with E-state index in [2.05, 4.69) is 0 Å². The summed E-state index contributed by atoms with van der Waals surface area (Å²) in [7, 11) is 2.71. The molecule has 0 bridgehead atoms. The fourth-order valence-electron chi connectivity index (χ4n) is 0.0945. The van der Waals surface area contributed by atoms with Crippen LogP contribution in [0.1, 0.15) is 13.8 Å². The minimum absolute atomic E-state index is 0.0833. The highest BCUT2D eigenvalue weighted by atomic mass is 19.1. The van der Waals surface area contributed by atoms with Crippen LogP contribution >= 0.6 is 0 Å². The summed E-state index contributed by atoms with van der Waals surface area (Å²) in [4.78, 5) is 0. The van der Waals surface area contributed by atoms with Crippen LogP contribution in [0.5, 0.6) is 0 Å². The van der Waals surface area contributed by atoms with Crippen LogP contribution in [0.3, 0.4) is 0 Å². The maximum atomic E-state index is 11.8. The zero-order valence-electron chi connectivity index (χ0n) is 5.29. The SMILES string of the molecule is BBC(C)(C)BF. The fourth-order valence-corrected chi connectivity index (χ4v) is 0.0945. The van der Waals surface area contributed by atoms with E-state index in [1.54, 1.807) is 0 Å². The van der Waals surface area contributed by atoms with Crippen LogP contribution in [-0.2, 0) is 0 Å². The maximum absolute atomic E-state index is 11.8. The van der Waals surface area contributed by atoms with Gasteiger partial charge in [0.25, 0.3) is 0 Å². The molecule has 0 nitrogen and oxygen atoms in total. The first-order valence-corrected chi connectivity index (χ1v) is 2.68. The Labute approximate surface area is 46.8 Å². The molecule has 0 saturated heterocycles. The van der Waals surface area contributed by atoms with Crippen LogP contribution in [0.2, 0.25) is 5.21 Å². The maximum Gasteiger partial charge on any atom is 0.328 e. The second-order valence-corrected chi connectivity index (χ2v) is 2.65. The number of halogens is 1. The Morgan fingerprint density at radius 1 is 1.57 bits per heavy atom. The Morgan fingerprint density at radius 3 is 2.00 bits per heavy atom. The monoisotopic (exact) mass is 98.1 g/mol. The molecule has 0 spiro atoms. The van der Waals surface area contributed by atoms with Crippen molar-refractivity contribution >= 4 is 22.5 Å². The molecule has 38 valence electrons.